The second-order valence-corrected chi connectivity index (χ2v) is 3.44. The van der Waals surface area contributed by atoms with E-state index >= 15 is 0 Å². The molecule has 1 aliphatic carbocycles. The minimum atomic E-state index is 0.724. The molecule has 1 fully saturated rings. The Morgan fingerprint density at radius 3 is 3.00 bits per heavy atom. The Hall–Kier alpha value is -0.830. The van der Waals surface area contributed by atoms with Gasteiger partial charge in [0.1, 0.15) is 5.76 Å². The third-order valence-electron chi connectivity index (χ3n) is 2.35. The van der Waals surface area contributed by atoms with Crippen LogP contribution in [0.25, 0.3) is 0 Å². The van der Waals surface area contributed by atoms with Gasteiger partial charge in [-0.05, 0) is 19.8 Å². The molecule has 0 amide bonds. The zero-order chi connectivity index (χ0) is 8.39. The topological polar surface area (TPSA) is 38.1 Å². The second kappa shape index (κ2) is 3.27. The van der Waals surface area contributed by atoms with Crippen LogP contribution in [0.15, 0.2) is 10.6 Å². The molecule has 12 heavy (non-hydrogen) atoms. The molecule has 0 spiro atoms. The maximum absolute atomic E-state index is 4.96. The lowest BCUT2D eigenvalue weighted by molar-refractivity contribution is 0.330. The summed E-state index contributed by atoms with van der Waals surface area (Å²) < 4.78 is 4.96. The van der Waals surface area contributed by atoms with E-state index < -0.39 is 0 Å². The average Bonchev–Trinajstić information content (AvgIpc) is 2.32. The van der Waals surface area contributed by atoms with Crippen molar-refractivity contribution in [2.75, 3.05) is 0 Å². The monoisotopic (exact) mass is 166 g/mol. The quantitative estimate of drug-likeness (QED) is 0.741. The number of hydrogen-bond acceptors (Lipinski definition) is 3. The molecule has 0 unspecified atom stereocenters. The Morgan fingerprint density at radius 1 is 1.67 bits per heavy atom. The Balaban J connectivity index is 1.79. The number of hydrogen-bond donors (Lipinski definition) is 1. The molecule has 1 N–H and O–H groups in total. The molecule has 66 valence electrons. The molecule has 1 saturated carbocycles. The van der Waals surface area contributed by atoms with Gasteiger partial charge in [0.25, 0.3) is 0 Å². The molecule has 1 aromatic heterocycles. The summed E-state index contributed by atoms with van der Waals surface area (Å²) in [6, 6.07) is 2.70. The minimum Gasteiger partial charge on any atom is -0.361 e. The molecule has 0 saturated heterocycles. The van der Waals surface area contributed by atoms with E-state index in [1.807, 2.05) is 13.0 Å². The van der Waals surface area contributed by atoms with E-state index in [4.69, 9.17) is 4.52 Å². The minimum absolute atomic E-state index is 0.724. The predicted octanol–water partition coefficient (Wildman–Crippen LogP) is 1.63. The largest absolute Gasteiger partial charge is 0.361 e. The molecular formula is C9H14N2O. The third kappa shape index (κ3) is 1.67. The number of nitrogens with zero attached hydrogens (tertiary/aromatic N) is 1. The van der Waals surface area contributed by atoms with E-state index in [2.05, 4.69) is 10.5 Å². The maximum Gasteiger partial charge on any atom is 0.133 e. The molecular weight excluding hydrogens is 152 g/mol. The Morgan fingerprint density at radius 2 is 2.50 bits per heavy atom. The van der Waals surface area contributed by atoms with Gasteiger partial charge in [0, 0.05) is 18.7 Å². The highest BCUT2D eigenvalue weighted by atomic mass is 16.5. The molecule has 0 radical (unpaired) electrons. The molecule has 0 aromatic carbocycles. The first-order valence-corrected chi connectivity index (χ1v) is 4.50. The first-order valence-electron chi connectivity index (χ1n) is 4.50. The molecule has 1 heterocycles. The highest BCUT2D eigenvalue weighted by Crippen LogP contribution is 2.18. The Labute approximate surface area is 72.1 Å². The lowest BCUT2D eigenvalue weighted by atomic mass is 9.93. The fourth-order valence-electron chi connectivity index (χ4n) is 1.36. The van der Waals surface area contributed by atoms with Crippen molar-refractivity contribution in [3.63, 3.8) is 0 Å². The fraction of sp³-hybridized carbons (Fsp3) is 0.667. The number of rotatable bonds is 3. The van der Waals surface area contributed by atoms with Crippen LogP contribution in [0, 0.1) is 6.92 Å². The van der Waals surface area contributed by atoms with Crippen molar-refractivity contribution < 1.29 is 4.52 Å². The van der Waals surface area contributed by atoms with Crippen LogP contribution < -0.4 is 5.32 Å². The average molecular weight is 166 g/mol. The molecule has 1 aromatic rings. The zero-order valence-electron chi connectivity index (χ0n) is 7.34. The standard InChI is InChI=1S/C9H14N2O/c1-7-5-9(11-12-7)6-10-8-3-2-4-8/h5,8,10H,2-4,6H2,1H3. The van der Waals surface area contributed by atoms with Crippen LogP contribution in [-0.4, -0.2) is 11.2 Å². The van der Waals surface area contributed by atoms with Gasteiger partial charge in [0.2, 0.25) is 0 Å². The van der Waals surface area contributed by atoms with Gasteiger partial charge in [-0.25, -0.2) is 0 Å². The molecule has 1 aliphatic rings. The van der Waals surface area contributed by atoms with Crippen molar-refractivity contribution in [3.05, 3.63) is 17.5 Å². The van der Waals surface area contributed by atoms with Gasteiger partial charge in [-0.2, -0.15) is 0 Å². The Kier molecular flexibility index (Phi) is 2.13. The summed E-state index contributed by atoms with van der Waals surface area (Å²) in [5.74, 6) is 0.889. The number of aryl methyl sites for hydroxylation is 1. The summed E-state index contributed by atoms with van der Waals surface area (Å²) in [5, 5.41) is 7.33. The van der Waals surface area contributed by atoms with Gasteiger partial charge in [-0.1, -0.05) is 11.6 Å². The highest BCUT2D eigenvalue weighted by Gasteiger charge is 2.16. The summed E-state index contributed by atoms with van der Waals surface area (Å²) in [6.45, 7) is 2.77. The van der Waals surface area contributed by atoms with Crippen LogP contribution in [0.2, 0.25) is 0 Å². The summed E-state index contributed by atoms with van der Waals surface area (Å²) in [4.78, 5) is 0. The van der Waals surface area contributed by atoms with E-state index in [9.17, 15) is 0 Å². The van der Waals surface area contributed by atoms with Crippen LogP contribution in [0.4, 0.5) is 0 Å². The fourth-order valence-corrected chi connectivity index (χ4v) is 1.36. The van der Waals surface area contributed by atoms with Crippen molar-refractivity contribution in [3.8, 4) is 0 Å². The number of nitrogens with one attached hydrogen (secondary N) is 1. The molecule has 2 rings (SSSR count). The summed E-state index contributed by atoms with van der Waals surface area (Å²) >= 11 is 0. The predicted molar refractivity (Wildman–Crippen MR) is 45.7 cm³/mol. The van der Waals surface area contributed by atoms with Crippen molar-refractivity contribution in [2.24, 2.45) is 0 Å². The maximum atomic E-state index is 4.96. The lowest BCUT2D eigenvalue weighted by Crippen LogP contribution is -2.34. The van der Waals surface area contributed by atoms with Gasteiger partial charge in [-0.15, -0.1) is 0 Å². The smallest absolute Gasteiger partial charge is 0.133 e. The van der Waals surface area contributed by atoms with Gasteiger partial charge < -0.3 is 9.84 Å². The Bertz CT molecular complexity index is 253. The first-order chi connectivity index (χ1) is 5.84. The lowest BCUT2D eigenvalue weighted by Gasteiger charge is -2.25. The first kappa shape index (κ1) is 7.80. The summed E-state index contributed by atoms with van der Waals surface area (Å²) in [6.07, 6.45) is 4.00. The molecule has 0 aliphatic heterocycles. The van der Waals surface area contributed by atoms with Gasteiger partial charge in [0.05, 0.1) is 5.69 Å². The SMILES string of the molecule is Cc1cc(CNC2CCC2)no1. The third-order valence-corrected chi connectivity index (χ3v) is 2.35. The van der Waals surface area contributed by atoms with Gasteiger partial charge >= 0.3 is 0 Å². The second-order valence-electron chi connectivity index (χ2n) is 3.44. The van der Waals surface area contributed by atoms with Crippen LogP contribution in [0.1, 0.15) is 30.7 Å². The van der Waals surface area contributed by atoms with Gasteiger partial charge in [-0.3, -0.25) is 0 Å². The molecule has 0 bridgehead atoms. The van der Waals surface area contributed by atoms with E-state index in [1.165, 1.54) is 19.3 Å². The van der Waals surface area contributed by atoms with Crippen LogP contribution in [-0.2, 0) is 6.54 Å². The van der Waals surface area contributed by atoms with Crippen molar-refractivity contribution in [1.29, 1.82) is 0 Å². The van der Waals surface area contributed by atoms with Crippen LogP contribution >= 0.6 is 0 Å². The van der Waals surface area contributed by atoms with E-state index in [0.29, 0.717) is 0 Å². The zero-order valence-corrected chi connectivity index (χ0v) is 7.34. The van der Waals surface area contributed by atoms with Gasteiger partial charge in [0.15, 0.2) is 0 Å². The molecule has 0 atom stereocenters. The van der Waals surface area contributed by atoms with Crippen LogP contribution in [0.3, 0.4) is 0 Å². The van der Waals surface area contributed by atoms with E-state index in [0.717, 1.165) is 24.0 Å². The normalized spacial score (nSPS) is 17.8. The summed E-state index contributed by atoms with van der Waals surface area (Å²) in [5.41, 5.74) is 1.01. The van der Waals surface area contributed by atoms with Crippen molar-refractivity contribution >= 4 is 0 Å². The van der Waals surface area contributed by atoms with Crippen molar-refractivity contribution in [2.45, 2.75) is 38.8 Å². The van der Waals surface area contributed by atoms with E-state index in [1.54, 1.807) is 0 Å². The highest BCUT2D eigenvalue weighted by molar-refractivity contribution is 5.03. The van der Waals surface area contributed by atoms with Crippen LogP contribution in [0.5, 0.6) is 0 Å². The molecule has 3 heteroatoms. The number of aromatic nitrogens is 1. The molecule has 3 nitrogen and oxygen atoms in total. The van der Waals surface area contributed by atoms with Crippen molar-refractivity contribution in [1.82, 2.24) is 10.5 Å². The van der Waals surface area contributed by atoms with E-state index in [-0.39, 0.29) is 0 Å². The summed E-state index contributed by atoms with van der Waals surface area (Å²) in [7, 11) is 0.